The molecular formula is C21H34N4Sn. The summed E-state index contributed by atoms with van der Waals surface area (Å²) in [7, 11) is 0. The first-order chi connectivity index (χ1) is 12.7. The molecule has 2 heterocycles. The average molecular weight is 461 g/mol. The Labute approximate surface area is 169 Å². The molecule has 0 unspecified atom stereocenters. The Kier molecular flexibility index (Phi) is 9.09. The predicted octanol–water partition coefficient (Wildman–Crippen LogP) is 5.03. The third kappa shape index (κ3) is 5.80. The van der Waals surface area contributed by atoms with Gasteiger partial charge >= 0.3 is 170 Å². The van der Waals surface area contributed by atoms with Gasteiger partial charge in [-0.05, 0) is 0 Å². The zero-order valence-corrected chi connectivity index (χ0v) is 19.8. The molecule has 0 spiro atoms. The van der Waals surface area contributed by atoms with Crippen molar-refractivity contribution in [3.63, 3.8) is 0 Å². The first-order valence-electron chi connectivity index (χ1n) is 10.3. The van der Waals surface area contributed by atoms with Crippen LogP contribution in [0.15, 0.2) is 24.5 Å². The molecule has 0 bridgehead atoms. The summed E-state index contributed by atoms with van der Waals surface area (Å²) in [5.41, 5.74) is 2.25. The topological polar surface area (TPSA) is 43.6 Å². The fraction of sp³-hybridized carbons (Fsp3) is 0.667. The Bertz CT molecular complexity index is 617. The summed E-state index contributed by atoms with van der Waals surface area (Å²) in [6, 6.07) is 4.02. The second-order valence-electron chi connectivity index (χ2n) is 7.36. The third-order valence-corrected chi connectivity index (χ3v) is 10.8. The molecule has 0 aliphatic rings. The Morgan fingerprint density at radius 3 is 2.12 bits per heavy atom. The van der Waals surface area contributed by atoms with Crippen LogP contribution in [0.2, 0.25) is 3.43 Å². The van der Waals surface area contributed by atoms with Crippen LogP contribution in [0.25, 0.3) is 5.69 Å². The van der Waals surface area contributed by atoms with Gasteiger partial charge in [0.2, 0.25) is 0 Å². The monoisotopic (exact) mass is 462 g/mol. The van der Waals surface area contributed by atoms with Gasteiger partial charge in [0, 0.05) is 0 Å². The first kappa shape index (κ1) is 21.4. The van der Waals surface area contributed by atoms with E-state index in [9.17, 15) is 0 Å². The molecule has 0 aliphatic carbocycles. The van der Waals surface area contributed by atoms with E-state index in [1.807, 2.05) is 16.9 Å². The maximum atomic E-state index is 4.66. The molecule has 2 aromatic rings. The SMILES string of the molecule is CCCC[C](CCCC)(CCCC)[Sn][c]1nnn(-c2cccnc2)c1C. The van der Waals surface area contributed by atoms with E-state index in [0.717, 1.165) is 5.69 Å². The molecule has 2 radical (unpaired) electrons. The van der Waals surface area contributed by atoms with Crippen molar-refractivity contribution in [3.05, 3.63) is 30.2 Å². The average Bonchev–Trinajstić information content (AvgIpc) is 3.03. The minimum atomic E-state index is -0.840. The molecule has 0 fully saturated rings. The standard InChI is InChI=1S/C13H27.C8H7N4.Sn/c1-4-7-10-13(11-8-5-2)12-9-6-3;1-7-5-10-11-12(7)8-3-2-4-9-6-8;/h4-12H2,1-3H3;2-4,6H,1H3;. The number of nitrogens with zero attached hydrogens (tertiary/aromatic N) is 4. The van der Waals surface area contributed by atoms with Gasteiger partial charge in [-0.15, -0.1) is 0 Å². The van der Waals surface area contributed by atoms with Gasteiger partial charge in [-0.2, -0.15) is 0 Å². The number of hydrogen-bond donors (Lipinski definition) is 0. The second-order valence-corrected chi connectivity index (χ2v) is 12.5. The van der Waals surface area contributed by atoms with E-state index in [2.05, 4.69) is 49.1 Å². The van der Waals surface area contributed by atoms with E-state index in [1.165, 1.54) is 67.2 Å². The molecule has 2 aromatic heterocycles. The van der Waals surface area contributed by atoms with Crippen molar-refractivity contribution in [3.8, 4) is 5.69 Å². The molecule has 142 valence electrons. The second kappa shape index (κ2) is 11.1. The molecule has 0 atom stereocenters. The van der Waals surface area contributed by atoms with Crippen LogP contribution >= 0.6 is 0 Å². The van der Waals surface area contributed by atoms with E-state index in [4.69, 9.17) is 0 Å². The van der Waals surface area contributed by atoms with Crippen molar-refractivity contribution in [2.24, 2.45) is 0 Å². The molecule has 0 amide bonds. The molecule has 0 saturated carbocycles. The number of pyridine rings is 1. The quantitative estimate of drug-likeness (QED) is 0.417. The van der Waals surface area contributed by atoms with Gasteiger partial charge in [-0.25, -0.2) is 0 Å². The van der Waals surface area contributed by atoms with Crippen molar-refractivity contribution in [1.82, 2.24) is 20.0 Å². The fourth-order valence-electron chi connectivity index (χ4n) is 3.53. The van der Waals surface area contributed by atoms with E-state index in [1.54, 1.807) is 6.20 Å². The summed E-state index contributed by atoms with van der Waals surface area (Å²) in [4.78, 5) is 4.23. The summed E-state index contributed by atoms with van der Waals surface area (Å²) < 4.78 is 3.86. The Morgan fingerprint density at radius 2 is 1.62 bits per heavy atom. The van der Waals surface area contributed by atoms with Crippen molar-refractivity contribution >= 4 is 24.9 Å². The van der Waals surface area contributed by atoms with Crippen molar-refractivity contribution in [2.45, 2.75) is 88.9 Å². The van der Waals surface area contributed by atoms with E-state index in [-0.39, 0.29) is 0 Å². The van der Waals surface area contributed by atoms with Gasteiger partial charge in [0.05, 0.1) is 0 Å². The normalized spacial score (nSPS) is 11.8. The van der Waals surface area contributed by atoms with Gasteiger partial charge < -0.3 is 0 Å². The summed E-state index contributed by atoms with van der Waals surface area (Å²) in [6.45, 7) is 9.14. The molecule has 4 nitrogen and oxygen atoms in total. The molecule has 26 heavy (non-hydrogen) atoms. The van der Waals surface area contributed by atoms with Gasteiger partial charge in [0.15, 0.2) is 0 Å². The van der Waals surface area contributed by atoms with E-state index >= 15 is 0 Å². The van der Waals surface area contributed by atoms with Crippen LogP contribution in [0.1, 0.15) is 84.3 Å². The zero-order valence-electron chi connectivity index (χ0n) is 17.0. The van der Waals surface area contributed by atoms with Crippen LogP contribution in [0.5, 0.6) is 0 Å². The number of unbranched alkanes of at least 4 members (excludes halogenated alkanes) is 3. The van der Waals surface area contributed by atoms with Crippen LogP contribution in [0, 0.1) is 6.92 Å². The number of hydrogen-bond acceptors (Lipinski definition) is 3. The minimum absolute atomic E-state index is 0.548. The Morgan fingerprint density at radius 1 is 1.00 bits per heavy atom. The first-order valence-corrected chi connectivity index (χ1v) is 13.1. The van der Waals surface area contributed by atoms with Crippen LogP contribution in [-0.2, 0) is 0 Å². The molecule has 0 N–H and O–H groups in total. The van der Waals surface area contributed by atoms with Crippen LogP contribution in [0.4, 0.5) is 0 Å². The number of rotatable bonds is 12. The summed E-state index contributed by atoms with van der Waals surface area (Å²) in [6.07, 6.45) is 15.8. The van der Waals surface area contributed by atoms with Crippen LogP contribution < -0.4 is 3.71 Å². The fourth-order valence-corrected chi connectivity index (χ4v) is 8.63. The van der Waals surface area contributed by atoms with Crippen LogP contribution in [-0.4, -0.2) is 41.1 Å². The van der Waals surface area contributed by atoms with Gasteiger partial charge in [0.1, 0.15) is 0 Å². The van der Waals surface area contributed by atoms with Crippen molar-refractivity contribution < 1.29 is 0 Å². The molecule has 5 heteroatoms. The van der Waals surface area contributed by atoms with E-state index < -0.39 is 21.1 Å². The van der Waals surface area contributed by atoms with Gasteiger partial charge in [-0.1, -0.05) is 0 Å². The summed E-state index contributed by atoms with van der Waals surface area (Å²) >= 11 is -0.840. The van der Waals surface area contributed by atoms with Crippen molar-refractivity contribution in [1.29, 1.82) is 0 Å². The molecule has 0 aliphatic heterocycles. The molecule has 2 rings (SSSR count). The van der Waals surface area contributed by atoms with Crippen LogP contribution in [0.3, 0.4) is 0 Å². The zero-order chi connectivity index (χ0) is 18.8. The predicted molar refractivity (Wildman–Crippen MR) is 111 cm³/mol. The van der Waals surface area contributed by atoms with Gasteiger partial charge in [0.25, 0.3) is 0 Å². The van der Waals surface area contributed by atoms with E-state index in [0.29, 0.717) is 3.43 Å². The molecular weight excluding hydrogens is 427 g/mol. The molecule has 0 aromatic carbocycles. The third-order valence-electron chi connectivity index (χ3n) is 5.20. The summed E-state index contributed by atoms with van der Waals surface area (Å²) in [5, 5.41) is 9.14. The maximum absolute atomic E-state index is 4.66. The number of aromatic nitrogens is 4. The van der Waals surface area contributed by atoms with Crippen molar-refractivity contribution in [2.75, 3.05) is 0 Å². The Balaban J connectivity index is 2.27. The summed E-state index contributed by atoms with van der Waals surface area (Å²) in [5.74, 6) is 0. The Hall–Kier alpha value is -0.911. The van der Waals surface area contributed by atoms with Gasteiger partial charge in [-0.3, -0.25) is 0 Å². The molecule has 0 saturated heterocycles.